The van der Waals surface area contributed by atoms with Crippen molar-refractivity contribution in [2.75, 3.05) is 24.2 Å². The average molecular weight is 621 g/mol. The lowest BCUT2D eigenvalue weighted by Crippen LogP contribution is -2.54. The standard InChI is InChI=1S/C30H35Cl2N3O5S/c1-5-21(2)33-30(37)27(18-22-12-7-6-8-13-22)34(19-23-24(31)14-11-15-25(23)32)29(36)20-35(41(4,38)39)26-16-9-10-17-28(26)40-3/h6-17,21,27H,5,18-20H2,1-4H3,(H,33,37)/t21-,27+/m1/s1. The first kappa shape index (κ1) is 32.2. The summed E-state index contributed by atoms with van der Waals surface area (Å²) in [6.07, 6.45) is 1.88. The van der Waals surface area contributed by atoms with Crippen molar-refractivity contribution >= 4 is 50.7 Å². The van der Waals surface area contributed by atoms with Gasteiger partial charge < -0.3 is 15.0 Å². The van der Waals surface area contributed by atoms with Gasteiger partial charge in [-0.15, -0.1) is 0 Å². The number of halogens is 2. The van der Waals surface area contributed by atoms with Crippen LogP contribution in [0.25, 0.3) is 0 Å². The molecule has 2 atom stereocenters. The molecule has 220 valence electrons. The number of ether oxygens (including phenoxy) is 1. The Morgan fingerprint density at radius 1 is 0.951 bits per heavy atom. The van der Waals surface area contributed by atoms with Crippen LogP contribution in [0.5, 0.6) is 5.75 Å². The number of rotatable bonds is 13. The first-order valence-electron chi connectivity index (χ1n) is 13.1. The van der Waals surface area contributed by atoms with Crippen LogP contribution in [0.15, 0.2) is 72.8 Å². The number of nitrogens with one attached hydrogen (secondary N) is 1. The predicted molar refractivity (Wildman–Crippen MR) is 164 cm³/mol. The van der Waals surface area contributed by atoms with E-state index in [-0.39, 0.29) is 36.4 Å². The number of hydrogen-bond donors (Lipinski definition) is 1. The Labute approximate surface area is 252 Å². The third-order valence-electron chi connectivity index (χ3n) is 6.70. The molecular weight excluding hydrogens is 585 g/mol. The molecule has 0 unspecified atom stereocenters. The molecule has 1 N–H and O–H groups in total. The van der Waals surface area contributed by atoms with Gasteiger partial charge in [0.15, 0.2) is 0 Å². The van der Waals surface area contributed by atoms with Gasteiger partial charge in [-0.3, -0.25) is 13.9 Å². The van der Waals surface area contributed by atoms with E-state index in [2.05, 4.69) is 5.32 Å². The SMILES string of the molecule is CC[C@@H](C)NC(=O)[C@H](Cc1ccccc1)N(Cc1c(Cl)cccc1Cl)C(=O)CN(c1ccccc1OC)S(C)(=O)=O. The van der Waals surface area contributed by atoms with E-state index < -0.39 is 28.5 Å². The number of para-hydroxylation sites is 2. The van der Waals surface area contributed by atoms with Gasteiger partial charge in [0.1, 0.15) is 18.3 Å². The Morgan fingerprint density at radius 3 is 2.15 bits per heavy atom. The zero-order chi connectivity index (χ0) is 30.2. The fourth-order valence-corrected chi connectivity index (χ4v) is 5.65. The lowest BCUT2D eigenvalue weighted by molar-refractivity contribution is -0.140. The van der Waals surface area contributed by atoms with Crippen molar-refractivity contribution < 1.29 is 22.7 Å². The van der Waals surface area contributed by atoms with Crippen molar-refractivity contribution in [3.63, 3.8) is 0 Å². The molecule has 0 spiro atoms. The normalized spacial score (nSPS) is 12.7. The summed E-state index contributed by atoms with van der Waals surface area (Å²) in [5.74, 6) is -0.706. The maximum absolute atomic E-state index is 14.2. The van der Waals surface area contributed by atoms with Gasteiger partial charge in [-0.2, -0.15) is 0 Å². The van der Waals surface area contributed by atoms with E-state index in [0.29, 0.717) is 22.0 Å². The van der Waals surface area contributed by atoms with Crippen LogP contribution >= 0.6 is 23.2 Å². The monoisotopic (exact) mass is 619 g/mol. The molecule has 41 heavy (non-hydrogen) atoms. The van der Waals surface area contributed by atoms with Crippen molar-refractivity contribution in [2.24, 2.45) is 0 Å². The van der Waals surface area contributed by atoms with Crippen LogP contribution in [0.2, 0.25) is 10.0 Å². The van der Waals surface area contributed by atoms with Crippen molar-refractivity contribution in [1.29, 1.82) is 0 Å². The Balaban J connectivity index is 2.13. The van der Waals surface area contributed by atoms with Crippen LogP contribution in [0.3, 0.4) is 0 Å². The largest absolute Gasteiger partial charge is 0.495 e. The molecule has 0 radical (unpaired) electrons. The molecule has 0 aromatic heterocycles. The highest BCUT2D eigenvalue weighted by atomic mass is 35.5. The number of carbonyl (C=O) groups excluding carboxylic acids is 2. The third-order valence-corrected chi connectivity index (χ3v) is 8.53. The summed E-state index contributed by atoms with van der Waals surface area (Å²) in [6, 6.07) is 19.6. The second kappa shape index (κ2) is 14.6. The summed E-state index contributed by atoms with van der Waals surface area (Å²) in [6.45, 7) is 3.12. The molecule has 0 bridgehead atoms. The van der Waals surface area contributed by atoms with Gasteiger partial charge >= 0.3 is 0 Å². The molecule has 0 fully saturated rings. The predicted octanol–water partition coefficient (Wildman–Crippen LogP) is 5.32. The molecule has 2 amide bonds. The summed E-state index contributed by atoms with van der Waals surface area (Å²) < 4.78 is 32.3. The zero-order valence-electron chi connectivity index (χ0n) is 23.5. The molecule has 3 rings (SSSR count). The minimum atomic E-state index is -3.94. The zero-order valence-corrected chi connectivity index (χ0v) is 25.8. The number of amides is 2. The summed E-state index contributed by atoms with van der Waals surface area (Å²) in [5.41, 5.74) is 1.47. The minimum absolute atomic E-state index is 0.119. The first-order chi connectivity index (χ1) is 19.5. The molecular formula is C30H35Cl2N3O5S. The fourth-order valence-electron chi connectivity index (χ4n) is 4.28. The van der Waals surface area contributed by atoms with E-state index in [9.17, 15) is 18.0 Å². The second-order valence-corrected chi connectivity index (χ2v) is 12.4. The molecule has 0 aliphatic rings. The van der Waals surface area contributed by atoms with Crippen molar-refractivity contribution in [1.82, 2.24) is 10.2 Å². The maximum atomic E-state index is 14.2. The summed E-state index contributed by atoms with van der Waals surface area (Å²) >= 11 is 13.0. The Hall–Kier alpha value is -3.27. The number of benzene rings is 3. The van der Waals surface area contributed by atoms with Gasteiger partial charge in [-0.1, -0.05) is 78.7 Å². The van der Waals surface area contributed by atoms with Crippen LogP contribution in [-0.2, 0) is 32.6 Å². The van der Waals surface area contributed by atoms with Gasteiger partial charge in [-0.05, 0) is 43.2 Å². The fraction of sp³-hybridized carbons (Fsp3) is 0.333. The number of methoxy groups -OCH3 is 1. The summed E-state index contributed by atoms with van der Waals surface area (Å²) in [5, 5.41) is 3.62. The molecule has 8 nitrogen and oxygen atoms in total. The number of carbonyl (C=O) groups is 2. The van der Waals surface area contributed by atoms with E-state index >= 15 is 0 Å². The Bertz CT molecular complexity index is 1430. The Morgan fingerprint density at radius 2 is 1.56 bits per heavy atom. The highest BCUT2D eigenvalue weighted by Crippen LogP contribution is 2.31. The quantitative estimate of drug-likeness (QED) is 0.279. The molecule has 0 aliphatic heterocycles. The first-order valence-corrected chi connectivity index (χ1v) is 15.7. The van der Waals surface area contributed by atoms with Crippen LogP contribution in [-0.4, -0.2) is 57.1 Å². The van der Waals surface area contributed by atoms with E-state index in [4.69, 9.17) is 27.9 Å². The molecule has 0 aliphatic carbocycles. The van der Waals surface area contributed by atoms with Gasteiger partial charge in [0.05, 0.1) is 19.1 Å². The van der Waals surface area contributed by atoms with Crippen LogP contribution in [0.4, 0.5) is 5.69 Å². The highest BCUT2D eigenvalue weighted by molar-refractivity contribution is 7.92. The van der Waals surface area contributed by atoms with Crippen LogP contribution in [0.1, 0.15) is 31.4 Å². The molecule has 11 heteroatoms. The number of hydrogen-bond acceptors (Lipinski definition) is 5. The molecule has 0 saturated heterocycles. The maximum Gasteiger partial charge on any atom is 0.244 e. The van der Waals surface area contributed by atoms with Gasteiger partial charge in [0.2, 0.25) is 21.8 Å². The van der Waals surface area contributed by atoms with Gasteiger partial charge in [0, 0.05) is 34.6 Å². The smallest absolute Gasteiger partial charge is 0.244 e. The third kappa shape index (κ3) is 8.61. The average Bonchev–Trinajstić information content (AvgIpc) is 2.94. The summed E-state index contributed by atoms with van der Waals surface area (Å²) in [7, 11) is -2.52. The highest BCUT2D eigenvalue weighted by Gasteiger charge is 2.34. The van der Waals surface area contributed by atoms with Crippen molar-refractivity contribution in [3.05, 3.63) is 94.0 Å². The minimum Gasteiger partial charge on any atom is -0.495 e. The topological polar surface area (TPSA) is 96.0 Å². The lowest BCUT2D eigenvalue weighted by atomic mass is 10.0. The van der Waals surface area contributed by atoms with Gasteiger partial charge in [-0.25, -0.2) is 8.42 Å². The van der Waals surface area contributed by atoms with Gasteiger partial charge in [0.25, 0.3) is 0 Å². The molecule has 0 heterocycles. The van der Waals surface area contributed by atoms with E-state index in [1.54, 1.807) is 42.5 Å². The molecule has 3 aromatic carbocycles. The molecule has 0 saturated carbocycles. The molecule has 3 aromatic rings. The van der Waals surface area contributed by atoms with Crippen LogP contribution < -0.4 is 14.4 Å². The number of sulfonamides is 1. The van der Waals surface area contributed by atoms with E-state index in [1.807, 2.05) is 44.2 Å². The second-order valence-electron chi connectivity index (χ2n) is 9.69. The number of anilines is 1. The summed E-state index contributed by atoms with van der Waals surface area (Å²) in [4.78, 5) is 29.3. The van der Waals surface area contributed by atoms with E-state index in [0.717, 1.165) is 16.1 Å². The van der Waals surface area contributed by atoms with Crippen LogP contribution in [0, 0.1) is 0 Å². The van der Waals surface area contributed by atoms with Crippen molar-refractivity contribution in [2.45, 2.75) is 45.3 Å². The Kier molecular flexibility index (Phi) is 11.5. The van der Waals surface area contributed by atoms with E-state index in [1.165, 1.54) is 12.0 Å². The number of nitrogens with zero attached hydrogens (tertiary/aromatic N) is 2. The van der Waals surface area contributed by atoms with Crippen molar-refractivity contribution in [3.8, 4) is 5.75 Å². The lowest BCUT2D eigenvalue weighted by Gasteiger charge is -2.34.